The molecule has 2 aromatic rings. The maximum atomic E-state index is 12.2. The zero-order valence-corrected chi connectivity index (χ0v) is 10.6. The quantitative estimate of drug-likeness (QED) is 0.814. The smallest absolute Gasteiger partial charge is 0.247 e. The molecule has 0 fully saturated rings. The van der Waals surface area contributed by atoms with Crippen molar-refractivity contribution < 1.29 is 9.21 Å². The molecule has 0 aliphatic rings. The van der Waals surface area contributed by atoms with Crippen LogP contribution in [0.4, 0.5) is 0 Å². The molecule has 0 aliphatic heterocycles. The molecular formula is C11H11BrN2O2. The first-order chi connectivity index (χ1) is 7.65. The first-order valence-electron chi connectivity index (χ1n) is 4.95. The average Bonchev–Trinajstić information content (AvgIpc) is 2.83. The van der Waals surface area contributed by atoms with Gasteiger partial charge in [0.1, 0.15) is 5.69 Å². The second-order valence-electron chi connectivity index (χ2n) is 3.42. The second kappa shape index (κ2) is 4.25. The minimum Gasteiger partial charge on any atom is -0.461 e. The maximum absolute atomic E-state index is 12.2. The highest BCUT2D eigenvalue weighted by molar-refractivity contribution is 9.10. The SMILES string of the molecule is CCn1ncc(Br)c1C(=O)c1occc1C. The Balaban J connectivity index is 2.49. The zero-order valence-electron chi connectivity index (χ0n) is 9.03. The molecule has 0 aliphatic carbocycles. The van der Waals surface area contributed by atoms with Crippen molar-refractivity contribution in [3.05, 3.63) is 40.0 Å². The summed E-state index contributed by atoms with van der Waals surface area (Å²) >= 11 is 3.32. The van der Waals surface area contributed by atoms with E-state index in [1.807, 2.05) is 13.8 Å². The third kappa shape index (κ3) is 1.71. The van der Waals surface area contributed by atoms with Gasteiger partial charge in [0.15, 0.2) is 5.76 Å². The minimum atomic E-state index is -0.145. The molecule has 2 aromatic heterocycles. The number of ketones is 1. The first-order valence-corrected chi connectivity index (χ1v) is 5.74. The van der Waals surface area contributed by atoms with E-state index >= 15 is 0 Å². The Morgan fingerprint density at radius 3 is 2.94 bits per heavy atom. The van der Waals surface area contributed by atoms with E-state index < -0.39 is 0 Å². The molecule has 2 heterocycles. The van der Waals surface area contributed by atoms with Gasteiger partial charge in [-0.2, -0.15) is 5.10 Å². The number of rotatable bonds is 3. The topological polar surface area (TPSA) is 48.0 Å². The molecule has 0 atom stereocenters. The largest absolute Gasteiger partial charge is 0.461 e. The number of carbonyl (C=O) groups excluding carboxylic acids is 1. The van der Waals surface area contributed by atoms with E-state index in [0.717, 1.165) is 5.56 Å². The molecule has 0 saturated carbocycles. The van der Waals surface area contributed by atoms with Gasteiger partial charge in [0, 0.05) is 6.54 Å². The number of aryl methyl sites for hydroxylation is 2. The molecule has 0 bridgehead atoms. The average molecular weight is 283 g/mol. The van der Waals surface area contributed by atoms with Gasteiger partial charge in [-0.1, -0.05) is 0 Å². The van der Waals surface area contributed by atoms with Crippen LogP contribution >= 0.6 is 15.9 Å². The fraction of sp³-hybridized carbons (Fsp3) is 0.273. The van der Waals surface area contributed by atoms with Crippen LogP contribution in [0.5, 0.6) is 0 Å². The van der Waals surface area contributed by atoms with Crippen LogP contribution in [-0.2, 0) is 6.54 Å². The molecule has 0 spiro atoms. The maximum Gasteiger partial charge on any atom is 0.247 e. The van der Waals surface area contributed by atoms with Gasteiger partial charge >= 0.3 is 0 Å². The highest BCUT2D eigenvalue weighted by Crippen LogP contribution is 2.21. The van der Waals surface area contributed by atoms with Crippen LogP contribution in [0, 0.1) is 6.92 Å². The molecule has 0 aromatic carbocycles. The Labute approximate surface area is 101 Å². The van der Waals surface area contributed by atoms with E-state index in [1.54, 1.807) is 16.9 Å². The van der Waals surface area contributed by atoms with Crippen LogP contribution in [0.25, 0.3) is 0 Å². The van der Waals surface area contributed by atoms with Crippen LogP contribution in [0.2, 0.25) is 0 Å². The summed E-state index contributed by atoms with van der Waals surface area (Å²) in [7, 11) is 0. The summed E-state index contributed by atoms with van der Waals surface area (Å²) in [5, 5.41) is 4.10. The predicted molar refractivity (Wildman–Crippen MR) is 62.5 cm³/mol. The monoisotopic (exact) mass is 282 g/mol. The summed E-state index contributed by atoms with van der Waals surface area (Å²) < 4.78 is 7.53. The Morgan fingerprint density at radius 1 is 1.62 bits per heavy atom. The zero-order chi connectivity index (χ0) is 11.7. The highest BCUT2D eigenvalue weighted by atomic mass is 79.9. The number of hydrogen-bond donors (Lipinski definition) is 0. The van der Waals surface area contributed by atoms with Crippen LogP contribution in [-0.4, -0.2) is 15.6 Å². The lowest BCUT2D eigenvalue weighted by atomic mass is 10.1. The molecule has 5 heteroatoms. The fourth-order valence-corrected chi connectivity index (χ4v) is 2.02. The summed E-state index contributed by atoms with van der Waals surface area (Å²) in [6.45, 7) is 4.43. The number of aromatic nitrogens is 2. The van der Waals surface area contributed by atoms with Gasteiger partial charge in [-0.25, -0.2) is 0 Å². The van der Waals surface area contributed by atoms with Gasteiger partial charge in [-0.3, -0.25) is 9.48 Å². The lowest BCUT2D eigenvalue weighted by Crippen LogP contribution is -2.11. The van der Waals surface area contributed by atoms with Crippen molar-refractivity contribution in [3.8, 4) is 0 Å². The fourth-order valence-electron chi connectivity index (χ4n) is 1.54. The summed E-state index contributed by atoms with van der Waals surface area (Å²) in [6, 6.07) is 1.77. The summed E-state index contributed by atoms with van der Waals surface area (Å²) in [5.41, 5.74) is 1.36. The third-order valence-electron chi connectivity index (χ3n) is 2.38. The van der Waals surface area contributed by atoms with Crippen LogP contribution in [0.15, 0.2) is 27.4 Å². The van der Waals surface area contributed by atoms with Crippen LogP contribution in [0.3, 0.4) is 0 Å². The van der Waals surface area contributed by atoms with Gasteiger partial charge in [0.05, 0.1) is 16.9 Å². The van der Waals surface area contributed by atoms with E-state index in [0.29, 0.717) is 22.5 Å². The Bertz CT molecular complexity index is 528. The molecule has 0 N–H and O–H groups in total. The summed E-state index contributed by atoms with van der Waals surface area (Å²) in [4.78, 5) is 12.2. The van der Waals surface area contributed by atoms with E-state index in [4.69, 9.17) is 4.42 Å². The van der Waals surface area contributed by atoms with E-state index in [9.17, 15) is 4.79 Å². The first kappa shape index (κ1) is 11.1. The van der Waals surface area contributed by atoms with Gasteiger partial charge in [0.25, 0.3) is 0 Å². The van der Waals surface area contributed by atoms with E-state index in [1.165, 1.54) is 6.26 Å². The number of halogens is 1. The van der Waals surface area contributed by atoms with Gasteiger partial charge in [-0.05, 0) is 41.4 Å². The van der Waals surface area contributed by atoms with Crippen LogP contribution in [0.1, 0.15) is 28.7 Å². The highest BCUT2D eigenvalue weighted by Gasteiger charge is 2.22. The van der Waals surface area contributed by atoms with Crippen molar-refractivity contribution in [2.45, 2.75) is 20.4 Å². The van der Waals surface area contributed by atoms with Crippen LogP contribution < -0.4 is 0 Å². The molecule has 16 heavy (non-hydrogen) atoms. The molecule has 0 amide bonds. The van der Waals surface area contributed by atoms with E-state index in [2.05, 4.69) is 21.0 Å². The number of carbonyl (C=O) groups is 1. The number of furan rings is 1. The predicted octanol–water partition coefficient (Wildman–Crippen LogP) is 2.80. The van der Waals surface area contributed by atoms with Gasteiger partial charge in [-0.15, -0.1) is 0 Å². The Hall–Kier alpha value is -1.36. The van der Waals surface area contributed by atoms with Gasteiger partial charge in [0.2, 0.25) is 5.78 Å². The van der Waals surface area contributed by atoms with Gasteiger partial charge < -0.3 is 4.42 Å². The van der Waals surface area contributed by atoms with Crippen molar-refractivity contribution >= 4 is 21.7 Å². The summed E-state index contributed by atoms with van der Waals surface area (Å²) in [6.07, 6.45) is 3.14. The van der Waals surface area contributed by atoms with Crippen molar-refractivity contribution in [2.24, 2.45) is 0 Å². The standard InChI is InChI=1S/C11H11BrN2O2/c1-3-14-9(8(12)6-13-14)10(15)11-7(2)4-5-16-11/h4-6H,3H2,1-2H3. The summed E-state index contributed by atoms with van der Waals surface area (Å²) in [5.74, 6) is 0.227. The molecule has 84 valence electrons. The van der Waals surface area contributed by atoms with Crippen molar-refractivity contribution in [1.29, 1.82) is 0 Å². The Morgan fingerprint density at radius 2 is 2.38 bits per heavy atom. The molecule has 2 rings (SSSR count). The molecular weight excluding hydrogens is 272 g/mol. The molecule has 0 unspecified atom stereocenters. The number of nitrogens with zero attached hydrogens (tertiary/aromatic N) is 2. The lowest BCUT2D eigenvalue weighted by molar-refractivity contribution is 0.0997. The Kier molecular flexibility index (Phi) is 2.96. The lowest BCUT2D eigenvalue weighted by Gasteiger charge is -2.03. The second-order valence-corrected chi connectivity index (χ2v) is 4.27. The minimum absolute atomic E-state index is 0.145. The van der Waals surface area contributed by atoms with Crippen molar-refractivity contribution in [3.63, 3.8) is 0 Å². The normalized spacial score (nSPS) is 10.7. The third-order valence-corrected chi connectivity index (χ3v) is 2.96. The molecule has 0 radical (unpaired) electrons. The van der Waals surface area contributed by atoms with Crippen molar-refractivity contribution in [2.75, 3.05) is 0 Å². The molecule has 4 nitrogen and oxygen atoms in total. The molecule has 0 saturated heterocycles. The van der Waals surface area contributed by atoms with Crippen molar-refractivity contribution in [1.82, 2.24) is 9.78 Å². The number of hydrogen-bond acceptors (Lipinski definition) is 3. The van der Waals surface area contributed by atoms with E-state index in [-0.39, 0.29) is 5.78 Å².